The van der Waals surface area contributed by atoms with Crippen LogP contribution in [0.15, 0.2) is 41.5 Å². The Morgan fingerprint density at radius 3 is 2.30 bits per heavy atom. The molecule has 0 unspecified atom stereocenters. The maximum absolute atomic E-state index is 12.4. The first kappa shape index (κ1) is 18.6. The monoisotopic (exact) mass is 374 g/mol. The number of amides is 1. The molecule has 3 aromatic rings. The second-order valence-electron chi connectivity index (χ2n) is 7.31. The first-order valence-electron chi connectivity index (χ1n) is 8.39. The van der Waals surface area contributed by atoms with Gasteiger partial charge in [0, 0.05) is 22.2 Å². The van der Waals surface area contributed by atoms with Crippen molar-refractivity contribution in [2.75, 3.05) is 0 Å². The van der Waals surface area contributed by atoms with Crippen molar-refractivity contribution in [2.24, 2.45) is 10.4 Å². The fourth-order valence-electron chi connectivity index (χ4n) is 2.59. The minimum atomic E-state index is -0.547. The zero-order chi connectivity index (χ0) is 19.8. The molecule has 0 fully saturated rings. The van der Waals surface area contributed by atoms with Crippen molar-refractivity contribution >= 4 is 28.0 Å². The van der Waals surface area contributed by atoms with Gasteiger partial charge in [0.1, 0.15) is 12.1 Å². The molecule has 3 rings (SSSR count). The van der Waals surface area contributed by atoms with Gasteiger partial charge in [-0.1, -0.05) is 26.8 Å². The molecule has 27 heavy (non-hydrogen) atoms. The number of carbonyl (C=O) groups excluding carboxylic acids is 1. The van der Waals surface area contributed by atoms with Crippen LogP contribution in [0.1, 0.15) is 36.8 Å². The lowest BCUT2D eigenvalue weighted by Gasteiger charge is -2.12. The van der Waals surface area contributed by atoms with E-state index in [-0.39, 0.29) is 5.91 Å². The highest BCUT2D eigenvalue weighted by molar-refractivity contribution is 7.09. The van der Waals surface area contributed by atoms with Crippen molar-refractivity contribution in [3.63, 3.8) is 0 Å². The Hall–Kier alpha value is -3.22. The summed E-state index contributed by atoms with van der Waals surface area (Å²) in [6, 6.07) is 13.3. The Bertz CT molecular complexity index is 1210. The van der Waals surface area contributed by atoms with Crippen LogP contribution in [-0.2, 0) is 4.79 Å². The third-order valence-electron chi connectivity index (χ3n) is 4.09. The summed E-state index contributed by atoms with van der Waals surface area (Å²) in [5.74, 6) is -0.177. The molecule has 1 heterocycles. The van der Waals surface area contributed by atoms with Crippen molar-refractivity contribution in [1.29, 1.82) is 10.5 Å². The minimum absolute atomic E-state index is 0.177. The van der Waals surface area contributed by atoms with Gasteiger partial charge in [-0.2, -0.15) is 15.5 Å². The van der Waals surface area contributed by atoms with E-state index in [1.807, 2.05) is 56.7 Å². The van der Waals surface area contributed by atoms with Gasteiger partial charge in [0.2, 0.25) is 0 Å². The van der Waals surface area contributed by atoms with Crippen LogP contribution in [0.3, 0.4) is 0 Å². The average molecular weight is 374 g/mol. The number of fused-ring (bicyclic) bond motifs is 1. The molecule has 0 N–H and O–H groups in total. The molecule has 0 saturated carbocycles. The van der Waals surface area contributed by atoms with Gasteiger partial charge in [-0.25, -0.2) is 0 Å². The number of rotatable bonds is 1. The third kappa shape index (κ3) is 3.67. The van der Waals surface area contributed by atoms with Crippen LogP contribution >= 0.6 is 11.3 Å². The number of nitriles is 2. The maximum Gasteiger partial charge on any atom is 0.253 e. The van der Waals surface area contributed by atoms with Crippen molar-refractivity contribution in [1.82, 2.24) is 4.57 Å². The Balaban J connectivity index is 2.20. The van der Waals surface area contributed by atoms with E-state index < -0.39 is 5.41 Å². The SMILES string of the molecule is Cc1cn(-c2ccc3cc(C#N)c(C#N)cc3c2)/c(=N/C(=O)C(C)(C)C)s1. The summed E-state index contributed by atoms with van der Waals surface area (Å²) < 4.78 is 1.88. The summed E-state index contributed by atoms with van der Waals surface area (Å²) in [7, 11) is 0. The molecular formula is C21H18N4OS. The minimum Gasteiger partial charge on any atom is -0.292 e. The number of aromatic nitrogens is 1. The van der Waals surface area contributed by atoms with Gasteiger partial charge >= 0.3 is 0 Å². The van der Waals surface area contributed by atoms with Crippen LogP contribution in [-0.4, -0.2) is 10.5 Å². The highest BCUT2D eigenvalue weighted by Gasteiger charge is 2.21. The zero-order valence-corrected chi connectivity index (χ0v) is 16.4. The van der Waals surface area contributed by atoms with Gasteiger partial charge in [0.05, 0.1) is 11.1 Å². The average Bonchev–Trinajstić information content (AvgIpc) is 2.99. The molecule has 0 saturated heterocycles. The molecule has 1 amide bonds. The highest BCUT2D eigenvalue weighted by atomic mass is 32.1. The second-order valence-corrected chi connectivity index (χ2v) is 8.53. The quantitative estimate of drug-likeness (QED) is 0.639. The van der Waals surface area contributed by atoms with Gasteiger partial charge in [-0.05, 0) is 42.0 Å². The molecule has 0 aliphatic heterocycles. The van der Waals surface area contributed by atoms with E-state index >= 15 is 0 Å². The largest absolute Gasteiger partial charge is 0.292 e. The Morgan fingerprint density at radius 2 is 1.70 bits per heavy atom. The van der Waals surface area contributed by atoms with Crippen molar-refractivity contribution in [3.05, 3.63) is 57.3 Å². The molecule has 0 radical (unpaired) electrons. The van der Waals surface area contributed by atoms with Crippen molar-refractivity contribution < 1.29 is 4.79 Å². The molecule has 134 valence electrons. The van der Waals surface area contributed by atoms with Crippen LogP contribution in [0.2, 0.25) is 0 Å². The number of benzene rings is 2. The predicted molar refractivity (Wildman–Crippen MR) is 105 cm³/mol. The topological polar surface area (TPSA) is 81.9 Å². The summed E-state index contributed by atoms with van der Waals surface area (Å²) in [6.45, 7) is 7.50. The van der Waals surface area contributed by atoms with Gasteiger partial charge in [0.15, 0.2) is 4.80 Å². The number of carbonyl (C=O) groups is 1. The first-order valence-corrected chi connectivity index (χ1v) is 9.21. The summed E-state index contributed by atoms with van der Waals surface area (Å²) >= 11 is 1.45. The molecular weight excluding hydrogens is 356 g/mol. The Kier molecular flexibility index (Phi) is 4.70. The molecule has 2 aromatic carbocycles. The fraction of sp³-hybridized carbons (Fsp3) is 0.238. The van der Waals surface area contributed by atoms with Crippen LogP contribution in [0.25, 0.3) is 16.5 Å². The number of hydrogen-bond acceptors (Lipinski definition) is 4. The predicted octanol–water partition coefficient (Wildman–Crippen LogP) is 4.22. The van der Waals surface area contributed by atoms with Gasteiger partial charge in [-0.15, -0.1) is 11.3 Å². The van der Waals surface area contributed by atoms with Crippen LogP contribution < -0.4 is 4.80 Å². The van der Waals surface area contributed by atoms with E-state index in [0.717, 1.165) is 21.3 Å². The summed E-state index contributed by atoms with van der Waals surface area (Å²) in [5.41, 5.74) is 1.01. The molecule has 1 aromatic heterocycles. The lowest BCUT2D eigenvalue weighted by molar-refractivity contribution is -0.125. The van der Waals surface area contributed by atoms with Crippen molar-refractivity contribution in [3.8, 4) is 17.8 Å². The maximum atomic E-state index is 12.4. The standard InChI is InChI=1S/C21H18N4OS/c1-13-12-25(20(27-13)24-19(26)21(2,3)4)18-6-5-14-7-16(10-22)17(11-23)8-15(14)9-18/h5-9,12H,1-4H3/b24-20-. The van der Waals surface area contributed by atoms with E-state index in [4.69, 9.17) is 0 Å². The summed E-state index contributed by atoms with van der Waals surface area (Å²) in [5, 5.41) is 20.2. The number of hydrogen-bond donors (Lipinski definition) is 0. The zero-order valence-electron chi connectivity index (χ0n) is 15.6. The Morgan fingerprint density at radius 1 is 1.07 bits per heavy atom. The van der Waals surface area contributed by atoms with E-state index in [9.17, 15) is 15.3 Å². The molecule has 0 aliphatic carbocycles. The van der Waals surface area contributed by atoms with Crippen LogP contribution in [0.4, 0.5) is 0 Å². The van der Waals surface area contributed by atoms with Crippen molar-refractivity contribution in [2.45, 2.75) is 27.7 Å². The molecule has 5 nitrogen and oxygen atoms in total. The van der Waals surface area contributed by atoms with Gasteiger partial charge in [-0.3, -0.25) is 9.36 Å². The lowest BCUT2D eigenvalue weighted by Crippen LogP contribution is -2.22. The van der Waals surface area contributed by atoms with E-state index in [1.54, 1.807) is 12.1 Å². The van der Waals surface area contributed by atoms with Gasteiger partial charge in [0.25, 0.3) is 5.91 Å². The van der Waals surface area contributed by atoms with Crippen LogP contribution in [0.5, 0.6) is 0 Å². The highest BCUT2D eigenvalue weighted by Crippen LogP contribution is 2.23. The molecule has 0 aliphatic rings. The van der Waals surface area contributed by atoms with E-state index in [1.165, 1.54) is 11.3 Å². The molecule has 6 heteroatoms. The van der Waals surface area contributed by atoms with E-state index in [2.05, 4.69) is 17.1 Å². The third-order valence-corrected chi connectivity index (χ3v) is 4.99. The first-order chi connectivity index (χ1) is 12.7. The number of thiazole rings is 1. The molecule has 0 bridgehead atoms. The lowest BCUT2D eigenvalue weighted by atomic mass is 9.96. The number of aryl methyl sites for hydroxylation is 1. The molecule has 0 spiro atoms. The fourth-order valence-corrected chi connectivity index (χ4v) is 3.42. The van der Waals surface area contributed by atoms with Crippen LogP contribution in [0, 0.1) is 35.0 Å². The smallest absolute Gasteiger partial charge is 0.253 e. The molecule has 0 atom stereocenters. The second kappa shape index (κ2) is 6.83. The normalized spacial score (nSPS) is 12.0. The number of nitrogens with zero attached hydrogens (tertiary/aromatic N) is 4. The summed E-state index contributed by atoms with van der Waals surface area (Å²) in [6.07, 6.45) is 1.94. The van der Waals surface area contributed by atoms with E-state index in [0.29, 0.717) is 15.9 Å². The summed E-state index contributed by atoms with van der Waals surface area (Å²) in [4.78, 5) is 18.3. The van der Waals surface area contributed by atoms with Gasteiger partial charge < -0.3 is 0 Å². The Labute approximate surface area is 161 Å².